The molecule has 4 heteroatoms. The molecule has 1 amide bonds. The summed E-state index contributed by atoms with van der Waals surface area (Å²) in [5.74, 6) is 1.000. The molecular weight excluding hydrogens is 360 g/mol. The first kappa shape index (κ1) is 21.4. The third-order valence-corrected chi connectivity index (χ3v) is 6.38. The molecule has 1 aliphatic heterocycles. The number of piperidine rings is 1. The van der Waals surface area contributed by atoms with E-state index < -0.39 is 0 Å². The second kappa shape index (κ2) is 9.45. The van der Waals surface area contributed by atoms with Crippen molar-refractivity contribution in [3.8, 4) is 5.75 Å². The van der Waals surface area contributed by atoms with Gasteiger partial charge in [-0.3, -0.25) is 4.79 Å². The minimum Gasteiger partial charge on any atom is -0.497 e. The second-order valence-electron chi connectivity index (χ2n) is 7.84. The van der Waals surface area contributed by atoms with E-state index in [1.165, 1.54) is 11.1 Å². The Morgan fingerprint density at radius 3 is 2.41 bits per heavy atom. The van der Waals surface area contributed by atoms with Gasteiger partial charge in [-0.15, -0.1) is 0 Å². The molecule has 2 aromatic rings. The van der Waals surface area contributed by atoms with Gasteiger partial charge in [0.05, 0.1) is 7.11 Å². The van der Waals surface area contributed by atoms with Crippen LogP contribution < -0.4 is 4.74 Å². The number of carbonyl (C=O) groups excluding carboxylic acids is 1. The Kier molecular flexibility index (Phi) is 6.96. The standard InChI is InChI=1S/C25H34N2O2/c1-5-26-17-9-16-25(19-26,22-10-8-11-23(18-22)29-4)21-14-12-20(13-15-21)24(28)27(6-2)7-3/h8,10-15,18H,5-7,9,16-17,19H2,1-4H3. The zero-order valence-electron chi connectivity index (χ0n) is 18.3. The molecule has 1 heterocycles. The van der Waals surface area contributed by atoms with Crippen molar-refractivity contribution in [2.45, 2.75) is 39.0 Å². The van der Waals surface area contributed by atoms with Crippen LogP contribution in [0.2, 0.25) is 0 Å². The molecule has 0 saturated carbocycles. The highest BCUT2D eigenvalue weighted by atomic mass is 16.5. The van der Waals surface area contributed by atoms with Crippen LogP contribution in [0, 0.1) is 0 Å². The van der Waals surface area contributed by atoms with Gasteiger partial charge >= 0.3 is 0 Å². The summed E-state index contributed by atoms with van der Waals surface area (Å²) in [4.78, 5) is 17.1. The summed E-state index contributed by atoms with van der Waals surface area (Å²) in [6.07, 6.45) is 2.26. The predicted molar refractivity (Wildman–Crippen MR) is 119 cm³/mol. The van der Waals surface area contributed by atoms with Gasteiger partial charge in [-0.1, -0.05) is 31.2 Å². The zero-order chi connectivity index (χ0) is 20.9. The first-order valence-corrected chi connectivity index (χ1v) is 10.8. The van der Waals surface area contributed by atoms with Crippen LogP contribution in [0.15, 0.2) is 48.5 Å². The molecule has 1 aliphatic rings. The van der Waals surface area contributed by atoms with Crippen LogP contribution >= 0.6 is 0 Å². The number of likely N-dealkylation sites (N-methyl/N-ethyl adjacent to an activating group) is 1. The Hall–Kier alpha value is -2.33. The fourth-order valence-electron chi connectivity index (χ4n) is 4.60. The molecule has 0 N–H and O–H groups in total. The topological polar surface area (TPSA) is 32.8 Å². The minimum atomic E-state index is -0.0838. The van der Waals surface area contributed by atoms with Gasteiger partial charge in [0.1, 0.15) is 5.75 Å². The van der Waals surface area contributed by atoms with Gasteiger partial charge in [0.15, 0.2) is 0 Å². The number of amides is 1. The van der Waals surface area contributed by atoms with Crippen LogP contribution in [0.25, 0.3) is 0 Å². The van der Waals surface area contributed by atoms with Crippen molar-refractivity contribution in [1.29, 1.82) is 0 Å². The van der Waals surface area contributed by atoms with E-state index in [2.05, 4.69) is 42.2 Å². The molecule has 3 rings (SSSR count). The molecule has 29 heavy (non-hydrogen) atoms. The van der Waals surface area contributed by atoms with E-state index in [1.807, 2.05) is 36.9 Å². The van der Waals surface area contributed by atoms with Crippen LogP contribution in [0.4, 0.5) is 0 Å². The molecular formula is C25H34N2O2. The highest BCUT2D eigenvalue weighted by molar-refractivity contribution is 5.94. The molecule has 1 saturated heterocycles. The fourth-order valence-corrected chi connectivity index (χ4v) is 4.60. The van der Waals surface area contributed by atoms with E-state index >= 15 is 0 Å². The summed E-state index contributed by atoms with van der Waals surface area (Å²) in [7, 11) is 1.72. The number of ether oxygens (including phenoxy) is 1. The molecule has 4 nitrogen and oxygen atoms in total. The number of hydrogen-bond donors (Lipinski definition) is 0. The SMILES string of the molecule is CCN1CCCC(c2ccc(C(=O)N(CC)CC)cc2)(c2cccc(OC)c2)C1. The molecule has 1 fully saturated rings. The lowest BCUT2D eigenvalue weighted by atomic mass is 9.69. The van der Waals surface area contributed by atoms with E-state index in [-0.39, 0.29) is 11.3 Å². The van der Waals surface area contributed by atoms with Crippen molar-refractivity contribution in [2.75, 3.05) is 39.8 Å². The fraction of sp³-hybridized carbons (Fsp3) is 0.480. The quantitative estimate of drug-likeness (QED) is 0.689. The van der Waals surface area contributed by atoms with Crippen molar-refractivity contribution in [3.63, 3.8) is 0 Å². The van der Waals surface area contributed by atoms with Gasteiger partial charge in [-0.05, 0) is 75.2 Å². The van der Waals surface area contributed by atoms with E-state index in [4.69, 9.17) is 4.74 Å². The van der Waals surface area contributed by atoms with Gasteiger partial charge in [-0.25, -0.2) is 0 Å². The number of hydrogen-bond acceptors (Lipinski definition) is 3. The third kappa shape index (κ3) is 4.32. The minimum absolute atomic E-state index is 0.0838. The maximum atomic E-state index is 12.7. The monoisotopic (exact) mass is 394 g/mol. The van der Waals surface area contributed by atoms with Crippen molar-refractivity contribution >= 4 is 5.91 Å². The number of likely N-dealkylation sites (tertiary alicyclic amines) is 1. The Morgan fingerprint density at radius 2 is 1.79 bits per heavy atom. The van der Waals surface area contributed by atoms with Gasteiger partial charge < -0.3 is 14.5 Å². The molecule has 0 aromatic heterocycles. The molecule has 1 unspecified atom stereocenters. The van der Waals surface area contributed by atoms with Crippen LogP contribution in [0.1, 0.15) is 55.1 Å². The summed E-state index contributed by atoms with van der Waals surface area (Å²) >= 11 is 0. The highest BCUT2D eigenvalue weighted by Crippen LogP contribution is 2.41. The normalized spacial score (nSPS) is 19.7. The largest absolute Gasteiger partial charge is 0.497 e. The maximum Gasteiger partial charge on any atom is 0.253 e. The van der Waals surface area contributed by atoms with Gasteiger partial charge in [-0.2, -0.15) is 0 Å². The molecule has 1 atom stereocenters. The third-order valence-electron chi connectivity index (χ3n) is 6.38. The van der Waals surface area contributed by atoms with Crippen LogP contribution in [-0.2, 0) is 5.41 Å². The molecule has 2 aromatic carbocycles. The van der Waals surface area contributed by atoms with Crippen LogP contribution in [-0.4, -0.2) is 55.5 Å². The highest BCUT2D eigenvalue weighted by Gasteiger charge is 2.38. The number of benzene rings is 2. The average molecular weight is 395 g/mol. The van der Waals surface area contributed by atoms with Crippen molar-refractivity contribution in [1.82, 2.24) is 9.80 Å². The van der Waals surface area contributed by atoms with Crippen LogP contribution in [0.3, 0.4) is 0 Å². The number of rotatable bonds is 7. The number of nitrogens with zero attached hydrogens (tertiary/aromatic N) is 2. The lowest BCUT2D eigenvalue weighted by molar-refractivity contribution is 0.0773. The Bertz CT molecular complexity index is 814. The van der Waals surface area contributed by atoms with Gasteiger partial charge in [0, 0.05) is 30.6 Å². The van der Waals surface area contributed by atoms with E-state index in [0.29, 0.717) is 0 Å². The lowest BCUT2D eigenvalue weighted by Gasteiger charge is -2.44. The Balaban J connectivity index is 2.02. The first-order chi connectivity index (χ1) is 14.1. The Morgan fingerprint density at radius 1 is 1.07 bits per heavy atom. The number of methoxy groups -OCH3 is 1. The van der Waals surface area contributed by atoms with E-state index in [1.54, 1.807) is 7.11 Å². The summed E-state index contributed by atoms with van der Waals surface area (Å²) in [5, 5.41) is 0. The predicted octanol–water partition coefficient (Wildman–Crippen LogP) is 4.58. The van der Waals surface area contributed by atoms with Crippen LogP contribution in [0.5, 0.6) is 5.75 Å². The second-order valence-corrected chi connectivity index (χ2v) is 7.84. The summed E-state index contributed by atoms with van der Waals surface area (Å²) in [5.41, 5.74) is 3.25. The summed E-state index contributed by atoms with van der Waals surface area (Å²) < 4.78 is 5.52. The lowest BCUT2D eigenvalue weighted by Crippen LogP contribution is -2.46. The van der Waals surface area contributed by atoms with Gasteiger partial charge in [0.2, 0.25) is 0 Å². The van der Waals surface area contributed by atoms with Crippen molar-refractivity contribution in [3.05, 3.63) is 65.2 Å². The molecule has 0 radical (unpaired) electrons. The maximum absolute atomic E-state index is 12.7. The van der Waals surface area contributed by atoms with E-state index in [9.17, 15) is 4.79 Å². The zero-order valence-corrected chi connectivity index (χ0v) is 18.3. The van der Waals surface area contributed by atoms with E-state index in [0.717, 1.165) is 56.9 Å². The first-order valence-electron chi connectivity index (χ1n) is 10.8. The summed E-state index contributed by atoms with van der Waals surface area (Å²) in [6.45, 7) is 10.9. The van der Waals surface area contributed by atoms with Crippen molar-refractivity contribution < 1.29 is 9.53 Å². The van der Waals surface area contributed by atoms with Crippen molar-refractivity contribution in [2.24, 2.45) is 0 Å². The van der Waals surface area contributed by atoms with Gasteiger partial charge in [0.25, 0.3) is 5.91 Å². The molecule has 0 aliphatic carbocycles. The Labute approximate surface area is 175 Å². The average Bonchev–Trinajstić information content (AvgIpc) is 2.79. The molecule has 156 valence electrons. The molecule has 0 bridgehead atoms. The summed E-state index contributed by atoms with van der Waals surface area (Å²) in [6, 6.07) is 16.8. The molecule has 0 spiro atoms. The number of carbonyl (C=O) groups is 1. The smallest absolute Gasteiger partial charge is 0.253 e.